The minimum atomic E-state index is -1.10. The molecule has 4 aromatic rings. The van der Waals surface area contributed by atoms with Crippen molar-refractivity contribution in [3.63, 3.8) is 0 Å². The van der Waals surface area contributed by atoms with Gasteiger partial charge in [0.1, 0.15) is 0 Å². The molecule has 1 aliphatic rings. The molecule has 36 heavy (non-hydrogen) atoms. The Labute approximate surface area is 204 Å². The van der Waals surface area contributed by atoms with Crippen LogP contribution in [0.5, 0.6) is 0 Å². The Bertz CT molecular complexity index is 1560. The van der Waals surface area contributed by atoms with Crippen LogP contribution in [0.15, 0.2) is 58.4 Å². The Kier molecular flexibility index (Phi) is 6.26. The zero-order valence-corrected chi connectivity index (χ0v) is 19.6. The maximum absolute atomic E-state index is 14.1. The van der Waals surface area contributed by atoms with E-state index in [9.17, 15) is 23.2 Å². The minimum Gasteiger partial charge on any atom is -0.465 e. The van der Waals surface area contributed by atoms with Gasteiger partial charge in [0, 0.05) is 18.7 Å². The number of esters is 1. The molecule has 0 spiro atoms. The van der Waals surface area contributed by atoms with Crippen LogP contribution in [0.4, 0.5) is 8.78 Å². The van der Waals surface area contributed by atoms with Crippen molar-refractivity contribution in [3.05, 3.63) is 92.4 Å². The molecule has 1 fully saturated rings. The van der Waals surface area contributed by atoms with E-state index in [4.69, 9.17) is 4.74 Å². The van der Waals surface area contributed by atoms with Crippen LogP contribution in [0.2, 0.25) is 0 Å². The Morgan fingerprint density at radius 3 is 2.42 bits per heavy atom. The first kappa shape index (κ1) is 23.7. The van der Waals surface area contributed by atoms with Crippen molar-refractivity contribution in [2.24, 2.45) is 0 Å². The lowest BCUT2D eigenvalue weighted by Gasteiger charge is -2.24. The first-order valence-corrected chi connectivity index (χ1v) is 11.7. The molecule has 2 aromatic carbocycles. The zero-order valence-electron chi connectivity index (χ0n) is 19.6. The first-order chi connectivity index (χ1) is 17.4. The van der Waals surface area contributed by atoms with Gasteiger partial charge in [-0.25, -0.2) is 27.9 Å². The third-order valence-corrected chi connectivity index (χ3v) is 6.68. The number of methoxy groups -OCH3 is 1. The maximum atomic E-state index is 14.1. The molecule has 0 bridgehead atoms. The van der Waals surface area contributed by atoms with Gasteiger partial charge in [0.25, 0.3) is 5.56 Å². The number of halogens is 2. The fraction of sp³-hybridized carbons (Fsp3) is 0.308. The normalized spacial score (nSPS) is 14.3. The SMILES string of the molecule is COC(=O)c1ccc(Cn2cnc3c2c(=O)n(C2CCCCC2)c(=O)n3-c2ccc(F)c(F)c2)cc1. The number of fused-ring (bicyclic) bond motifs is 1. The predicted octanol–water partition coefficient (Wildman–Crippen LogP) is 3.97. The van der Waals surface area contributed by atoms with Crippen LogP contribution in [0, 0.1) is 11.6 Å². The Morgan fingerprint density at radius 1 is 1.03 bits per heavy atom. The minimum absolute atomic E-state index is 0.0641. The summed E-state index contributed by atoms with van der Waals surface area (Å²) in [6.07, 6.45) is 5.63. The average Bonchev–Trinajstić information content (AvgIpc) is 3.30. The van der Waals surface area contributed by atoms with Crippen LogP contribution >= 0.6 is 0 Å². The van der Waals surface area contributed by atoms with Crippen molar-refractivity contribution < 1.29 is 18.3 Å². The molecule has 0 unspecified atom stereocenters. The molecule has 1 saturated carbocycles. The topological polar surface area (TPSA) is 88.1 Å². The fourth-order valence-corrected chi connectivity index (χ4v) is 4.85. The van der Waals surface area contributed by atoms with Gasteiger partial charge >= 0.3 is 11.7 Å². The highest BCUT2D eigenvalue weighted by molar-refractivity contribution is 5.89. The molecule has 2 aromatic heterocycles. The molecule has 0 saturated heterocycles. The van der Waals surface area contributed by atoms with E-state index in [1.807, 2.05) is 0 Å². The lowest BCUT2D eigenvalue weighted by atomic mass is 9.95. The number of nitrogens with zero attached hydrogens (tertiary/aromatic N) is 4. The Hall–Kier alpha value is -4.08. The van der Waals surface area contributed by atoms with E-state index in [1.54, 1.807) is 28.8 Å². The van der Waals surface area contributed by atoms with Gasteiger partial charge < -0.3 is 9.30 Å². The average molecular weight is 494 g/mol. The summed E-state index contributed by atoms with van der Waals surface area (Å²) in [6, 6.07) is 9.60. The lowest BCUT2D eigenvalue weighted by molar-refractivity contribution is 0.0600. The number of hydrogen-bond acceptors (Lipinski definition) is 5. The van der Waals surface area contributed by atoms with E-state index < -0.39 is 28.9 Å². The van der Waals surface area contributed by atoms with Crippen LogP contribution in [0.1, 0.15) is 54.1 Å². The molecule has 1 aliphatic carbocycles. The predicted molar refractivity (Wildman–Crippen MR) is 129 cm³/mol. The summed E-state index contributed by atoms with van der Waals surface area (Å²) in [7, 11) is 1.30. The van der Waals surface area contributed by atoms with Crippen LogP contribution in [0.25, 0.3) is 16.9 Å². The summed E-state index contributed by atoms with van der Waals surface area (Å²) in [4.78, 5) is 43.4. The lowest BCUT2D eigenvalue weighted by Crippen LogP contribution is -2.43. The summed E-state index contributed by atoms with van der Waals surface area (Å²) < 4.78 is 36.5. The number of carbonyl (C=O) groups excluding carboxylic acids is 1. The van der Waals surface area contributed by atoms with Crippen molar-refractivity contribution in [3.8, 4) is 5.69 Å². The van der Waals surface area contributed by atoms with Gasteiger partial charge in [-0.2, -0.15) is 0 Å². The van der Waals surface area contributed by atoms with Gasteiger partial charge in [-0.15, -0.1) is 0 Å². The highest BCUT2D eigenvalue weighted by atomic mass is 19.2. The van der Waals surface area contributed by atoms with E-state index in [0.717, 1.165) is 37.0 Å². The number of rotatable bonds is 5. The van der Waals surface area contributed by atoms with Gasteiger partial charge in [-0.05, 0) is 42.7 Å². The third-order valence-electron chi connectivity index (χ3n) is 6.68. The second kappa shape index (κ2) is 9.52. The smallest absolute Gasteiger partial charge is 0.337 e. The van der Waals surface area contributed by atoms with Crippen molar-refractivity contribution in [2.75, 3.05) is 7.11 Å². The van der Waals surface area contributed by atoms with Gasteiger partial charge in [-0.1, -0.05) is 31.4 Å². The second-order valence-electron chi connectivity index (χ2n) is 8.92. The molecule has 0 N–H and O–H groups in total. The molecule has 8 nitrogen and oxygen atoms in total. The van der Waals surface area contributed by atoms with Crippen LogP contribution in [0.3, 0.4) is 0 Å². The monoisotopic (exact) mass is 494 g/mol. The van der Waals surface area contributed by atoms with Crippen molar-refractivity contribution >= 4 is 17.1 Å². The highest BCUT2D eigenvalue weighted by Gasteiger charge is 2.25. The third kappa shape index (κ3) is 4.12. The number of aromatic nitrogens is 4. The number of benzene rings is 2. The van der Waals surface area contributed by atoms with Gasteiger partial charge in [0.15, 0.2) is 22.8 Å². The highest BCUT2D eigenvalue weighted by Crippen LogP contribution is 2.27. The second-order valence-corrected chi connectivity index (χ2v) is 8.92. The number of carbonyl (C=O) groups is 1. The van der Waals surface area contributed by atoms with Crippen LogP contribution in [-0.2, 0) is 11.3 Å². The maximum Gasteiger partial charge on any atom is 0.337 e. The standard InChI is InChI=1S/C26H24F2N4O4/c1-36-25(34)17-9-7-16(8-10-17)14-30-15-29-23-22(30)24(33)32(18-5-3-2-4-6-18)26(35)31(23)19-11-12-20(27)21(28)13-19/h7-13,15,18H,2-6,14H2,1H3. The molecular formula is C26H24F2N4O4. The number of ether oxygens (including phenoxy) is 1. The van der Waals surface area contributed by atoms with Crippen molar-refractivity contribution in [2.45, 2.75) is 44.7 Å². The van der Waals surface area contributed by atoms with Crippen LogP contribution < -0.4 is 11.2 Å². The molecule has 0 radical (unpaired) electrons. The Morgan fingerprint density at radius 2 is 1.75 bits per heavy atom. The summed E-state index contributed by atoms with van der Waals surface area (Å²) in [5.41, 5.74) is 0.416. The molecule has 10 heteroatoms. The quantitative estimate of drug-likeness (QED) is 0.392. The van der Waals surface area contributed by atoms with E-state index in [2.05, 4.69) is 4.98 Å². The van der Waals surface area contributed by atoms with Gasteiger partial charge in [0.05, 0.1) is 24.7 Å². The van der Waals surface area contributed by atoms with Gasteiger partial charge in [-0.3, -0.25) is 9.36 Å². The Balaban J connectivity index is 1.69. The van der Waals surface area contributed by atoms with Crippen molar-refractivity contribution in [1.82, 2.24) is 18.7 Å². The summed E-state index contributed by atoms with van der Waals surface area (Å²) in [5.74, 6) is -2.60. The molecular weight excluding hydrogens is 470 g/mol. The van der Waals surface area contributed by atoms with E-state index in [-0.39, 0.29) is 29.4 Å². The van der Waals surface area contributed by atoms with E-state index in [0.29, 0.717) is 18.4 Å². The fourth-order valence-electron chi connectivity index (χ4n) is 4.85. The van der Waals surface area contributed by atoms with Crippen LogP contribution in [-0.4, -0.2) is 31.8 Å². The largest absolute Gasteiger partial charge is 0.465 e. The summed E-state index contributed by atoms with van der Waals surface area (Å²) >= 11 is 0. The van der Waals surface area contributed by atoms with Gasteiger partial charge in [0.2, 0.25) is 0 Å². The number of imidazole rings is 1. The summed E-state index contributed by atoms with van der Waals surface area (Å²) in [6.45, 7) is 0.244. The van der Waals surface area contributed by atoms with E-state index >= 15 is 0 Å². The molecule has 0 atom stereocenters. The molecule has 0 aliphatic heterocycles. The molecule has 0 amide bonds. The molecule has 2 heterocycles. The molecule has 5 rings (SSSR count). The zero-order chi connectivity index (χ0) is 25.4. The van der Waals surface area contributed by atoms with E-state index in [1.165, 1.54) is 28.6 Å². The summed E-state index contributed by atoms with van der Waals surface area (Å²) in [5, 5.41) is 0. The first-order valence-electron chi connectivity index (χ1n) is 11.7. The molecule has 186 valence electrons. The van der Waals surface area contributed by atoms with Crippen molar-refractivity contribution in [1.29, 1.82) is 0 Å². The number of hydrogen-bond donors (Lipinski definition) is 0.